The van der Waals surface area contributed by atoms with Crippen LogP contribution in [0, 0.1) is 12.3 Å². The van der Waals surface area contributed by atoms with Crippen molar-refractivity contribution in [3.05, 3.63) is 63.5 Å². The maximum Gasteiger partial charge on any atom is 0.106 e. The van der Waals surface area contributed by atoms with Crippen LogP contribution >= 0.6 is 0 Å². The zero-order valence-corrected chi connectivity index (χ0v) is 19.3. The SMILES string of the molecule is Cc1c([C@H](O)c2ccc(C(C)(C)C)cc2)c(C(C)C)nc2c1[C@@H](O)CC(C)(C)C2. The molecule has 0 unspecified atom stereocenters. The van der Waals surface area contributed by atoms with Crippen LogP contribution in [0.15, 0.2) is 24.3 Å². The zero-order chi connectivity index (χ0) is 21.7. The predicted molar refractivity (Wildman–Crippen MR) is 119 cm³/mol. The minimum atomic E-state index is -0.749. The molecule has 0 fully saturated rings. The molecule has 0 bridgehead atoms. The number of aliphatic hydroxyl groups excluding tert-OH is 2. The Morgan fingerprint density at radius 1 is 1.10 bits per heavy atom. The molecule has 2 atom stereocenters. The van der Waals surface area contributed by atoms with Crippen LogP contribution in [0.3, 0.4) is 0 Å². The number of benzene rings is 1. The number of hydrogen-bond donors (Lipinski definition) is 2. The van der Waals surface area contributed by atoms with Gasteiger partial charge < -0.3 is 10.2 Å². The molecule has 1 aromatic heterocycles. The van der Waals surface area contributed by atoms with E-state index in [1.165, 1.54) is 5.56 Å². The number of hydrogen-bond acceptors (Lipinski definition) is 3. The molecule has 158 valence electrons. The van der Waals surface area contributed by atoms with Crippen LogP contribution in [0.1, 0.15) is 112 Å². The van der Waals surface area contributed by atoms with Crippen LogP contribution in [-0.2, 0) is 11.8 Å². The molecule has 2 N–H and O–H groups in total. The molecule has 0 aliphatic heterocycles. The highest BCUT2D eigenvalue weighted by Gasteiger charge is 2.36. The first-order chi connectivity index (χ1) is 13.3. The van der Waals surface area contributed by atoms with E-state index < -0.39 is 12.2 Å². The highest BCUT2D eigenvalue weighted by atomic mass is 16.3. The van der Waals surface area contributed by atoms with Crippen molar-refractivity contribution in [3.8, 4) is 0 Å². The molecule has 29 heavy (non-hydrogen) atoms. The number of aromatic nitrogens is 1. The molecule has 0 saturated carbocycles. The van der Waals surface area contributed by atoms with E-state index >= 15 is 0 Å². The van der Waals surface area contributed by atoms with Crippen molar-refractivity contribution in [2.24, 2.45) is 5.41 Å². The van der Waals surface area contributed by atoms with Crippen LogP contribution in [-0.4, -0.2) is 15.2 Å². The Hall–Kier alpha value is -1.71. The predicted octanol–water partition coefficient (Wildman–Crippen LogP) is 5.90. The molecule has 3 rings (SSSR count). The first kappa shape index (κ1) is 22.0. The van der Waals surface area contributed by atoms with Gasteiger partial charge in [-0.2, -0.15) is 0 Å². The first-order valence-corrected chi connectivity index (χ1v) is 10.8. The molecular weight excluding hydrogens is 358 g/mol. The number of rotatable bonds is 3. The molecule has 0 spiro atoms. The quantitative estimate of drug-likeness (QED) is 0.680. The van der Waals surface area contributed by atoms with Crippen molar-refractivity contribution in [1.82, 2.24) is 4.98 Å². The van der Waals surface area contributed by atoms with Crippen LogP contribution < -0.4 is 0 Å². The Morgan fingerprint density at radius 3 is 2.21 bits per heavy atom. The molecular formula is C26H37NO2. The van der Waals surface area contributed by atoms with Gasteiger partial charge in [-0.3, -0.25) is 4.98 Å². The summed E-state index contributed by atoms with van der Waals surface area (Å²) in [5, 5.41) is 22.3. The summed E-state index contributed by atoms with van der Waals surface area (Å²) in [5.74, 6) is 0.194. The number of aliphatic hydroxyl groups is 2. The fraction of sp³-hybridized carbons (Fsp3) is 0.577. The largest absolute Gasteiger partial charge is 0.388 e. The van der Waals surface area contributed by atoms with Crippen molar-refractivity contribution >= 4 is 0 Å². The van der Waals surface area contributed by atoms with E-state index in [0.29, 0.717) is 0 Å². The van der Waals surface area contributed by atoms with Gasteiger partial charge in [0.2, 0.25) is 0 Å². The van der Waals surface area contributed by atoms with Gasteiger partial charge in [0, 0.05) is 22.5 Å². The fourth-order valence-electron chi connectivity index (χ4n) is 4.66. The first-order valence-electron chi connectivity index (χ1n) is 10.8. The minimum absolute atomic E-state index is 0.0308. The molecule has 1 aromatic carbocycles. The zero-order valence-electron chi connectivity index (χ0n) is 19.3. The molecule has 0 amide bonds. The number of pyridine rings is 1. The summed E-state index contributed by atoms with van der Waals surface area (Å²) >= 11 is 0. The molecule has 1 aliphatic carbocycles. The average molecular weight is 396 g/mol. The van der Waals surface area contributed by atoms with Crippen LogP contribution in [0.2, 0.25) is 0 Å². The second-order valence-corrected chi connectivity index (χ2v) is 10.9. The second kappa shape index (κ2) is 7.52. The van der Waals surface area contributed by atoms with Gasteiger partial charge in [-0.25, -0.2) is 0 Å². The van der Waals surface area contributed by atoms with E-state index in [1.807, 2.05) is 19.1 Å². The molecule has 0 saturated heterocycles. The van der Waals surface area contributed by atoms with Gasteiger partial charge >= 0.3 is 0 Å². The molecule has 3 heteroatoms. The second-order valence-electron chi connectivity index (χ2n) is 10.9. The lowest BCUT2D eigenvalue weighted by molar-refractivity contribution is 0.0968. The van der Waals surface area contributed by atoms with Crippen molar-refractivity contribution in [3.63, 3.8) is 0 Å². The van der Waals surface area contributed by atoms with Crippen molar-refractivity contribution < 1.29 is 10.2 Å². The molecule has 2 aromatic rings. The highest BCUT2D eigenvalue weighted by Crippen LogP contribution is 2.44. The fourth-order valence-corrected chi connectivity index (χ4v) is 4.66. The van der Waals surface area contributed by atoms with Gasteiger partial charge in [0.25, 0.3) is 0 Å². The third-order valence-electron chi connectivity index (χ3n) is 6.29. The Balaban J connectivity index is 2.12. The van der Waals surface area contributed by atoms with Gasteiger partial charge in [0.1, 0.15) is 6.10 Å². The summed E-state index contributed by atoms with van der Waals surface area (Å²) in [6.45, 7) is 17.2. The van der Waals surface area contributed by atoms with Crippen LogP contribution in [0.4, 0.5) is 0 Å². The lowest BCUT2D eigenvalue weighted by atomic mass is 9.72. The summed E-state index contributed by atoms with van der Waals surface area (Å²) in [6, 6.07) is 8.25. The summed E-state index contributed by atoms with van der Waals surface area (Å²) in [7, 11) is 0. The molecule has 1 aliphatic rings. The maximum atomic E-state index is 11.4. The van der Waals surface area contributed by atoms with E-state index in [2.05, 4.69) is 60.6 Å². The Bertz CT molecular complexity index is 888. The van der Waals surface area contributed by atoms with Gasteiger partial charge in [-0.05, 0) is 53.2 Å². The Labute approximate surface area is 176 Å². The molecule has 1 heterocycles. The minimum Gasteiger partial charge on any atom is -0.388 e. The van der Waals surface area contributed by atoms with E-state index in [9.17, 15) is 10.2 Å². The van der Waals surface area contributed by atoms with E-state index in [-0.39, 0.29) is 16.7 Å². The van der Waals surface area contributed by atoms with E-state index in [0.717, 1.165) is 46.5 Å². The normalized spacial score (nSPS) is 19.9. The maximum absolute atomic E-state index is 11.4. The number of nitrogens with zero attached hydrogens (tertiary/aromatic N) is 1. The summed E-state index contributed by atoms with van der Waals surface area (Å²) in [5.41, 5.74) is 6.94. The van der Waals surface area contributed by atoms with Crippen molar-refractivity contribution in [2.75, 3.05) is 0 Å². The third-order valence-corrected chi connectivity index (χ3v) is 6.29. The van der Waals surface area contributed by atoms with Crippen molar-refractivity contribution in [2.45, 2.75) is 91.8 Å². The van der Waals surface area contributed by atoms with Crippen LogP contribution in [0.5, 0.6) is 0 Å². The summed E-state index contributed by atoms with van der Waals surface area (Å²) in [6.07, 6.45) is 0.300. The number of fused-ring (bicyclic) bond motifs is 1. The summed E-state index contributed by atoms with van der Waals surface area (Å²) in [4.78, 5) is 5.00. The lowest BCUT2D eigenvalue weighted by Crippen LogP contribution is -2.29. The van der Waals surface area contributed by atoms with E-state index in [1.54, 1.807) is 0 Å². The Morgan fingerprint density at radius 2 is 1.69 bits per heavy atom. The topological polar surface area (TPSA) is 53.4 Å². The monoisotopic (exact) mass is 395 g/mol. The van der Waals surface area contributed by atoms with Crippen LogP contribution in [0.25, 0.3) is 0 Å². The highest BCUT2D eigenvalue weighted by molar-refractivity contribution is 5.48. The van der Waals surface area contributed by atoms with Gasteiger partial charge in [0.15, 0.2) is 0 Å². The van der Waals surface area contributed by atoms with E-state index in [4.69, 9.17) is 4.98 Å². The summed E-state index contributed by atoms with van der Waals surface area (Å²) < 4.78 is 0. The standard InChI is InChI=1S/C26H37NO2/c1-15(2)23-22(24(29)17-9-11-18(12-10-17)25(4,5)6)16(3)21-19(27-23)13-26(7,8)14-20(21)28/h9-12,15,20,24,28-29H,13-14H2,1-8H3/t20-,24+/m0/s1. The molecule has 3 nitrogen and oxygen atoms in total. The third kappa shape index (κ3) is 4.27. The van der Waals surface area contributed by atoms with Gasteiger partial charge in [-0.15, -0.1) is 0 Å². The van der Waals surface area contributed by atoms with Crippen molar-refractivity contribution in [1.29, 1.82) is 0 Å². The van der Waals surface area contributed by atoms with Gasteiger partial charge in [0.05, 0.1) is 6.10 Å². The lowest BCUT2D eigenvalue weighted by Gasteiger charge is -2.36. The van der Waals surface area contributed by atoms with Gasteiger partial charge in [-0.1, -0.05) is 72.7 Å². The Kier molecular flexibility index (Phi) is 5.70. The average Bonchev–Trinajstić information content (AvgIpc) is 2.58. The molecule has 0 radical (unpaired) electrons. The smallest absolute Gasteiger partial charge is 0.106 e.